The molecule has 1 fully saturated rings. The van der Waals surface area contributed by atoms with Gasteiger partial charge in [-0.25, -0.2) is 9.18 Å². The predicted molar refractivity (Wildman–Crippen MR) is 98.5 cm³/mol. The zero-order valence-electron chi connectivity index (χ0n) is 15.7. The van der Waals surface area contributed by atoms with Gasteiger partial charge in [0, 0.05) is 19.8 Å². The highest BCUT2D eigenvalue weighted by molar-refractivity contribution is 6.09. The maximum atomic E-state index is 13.1. The molecule has 0 aliphatic carbocycles. The summed E-state index contributed by atoms with van der Waals surface area (Å²) in [6.45, 7) is 1.59. The third-order valence-electron chi connectivity index (χ3n) is 4.72. The molecular formula is C19H22FN5O3. The van der Waals surface area contributed by atoms with E-state index in [1.54, 1.807) is 10.9 Å². The molecule has 9 heteroatoms. The maximum Gasteiger partial charge on any atom is 0.325 e. The number of nitrogens with one attached hydrogen (secondary N) is 2. The van der Waals surface area contributed by atoms with Gasteiger partial charge in [-0.1, -0.05) is 12.1 Å². The number of hydrogen-bond donors (Lipinski definition) is 2. The molecule has 4 amide bonds. The Morgan fingerprint density at radius 1 is 1.29 bits per heavy atom. The van der Waals surface area contributed by atoms with E-state index in [0.717, 1.165) is 16.9 Å². The number of aromatic nitrogens is 2. The predicted octanol–water partition coefficient (Wildman–Crippen LogP) is 1.08. The highest BCUT2D eigenvalue weighted by Gasteiger charge is 2.49. The lowest BCUT2D eigenvalue weighted by Crippen LogP contribution is -2.43. The topological polar surface area (TPSA) is 96.3 Å². The van der Waals surface area contributed by atoms with Crippen molar-refractivity contribution in [2.24, 2.45) is 7.05 Å². The number of urea groups is 1. The molecule has 2 N–H and O–H groups in total. The lowest BCUT2D eigenvalue weighted by Gasteiger charge is -2.22. The van der Waals surface area contributed by atoms with Crippen molar-refractivity contribution in [2.75, 3.05) is 13.1 Å². The number of hydrogen-bond acceptors (Lipinski definition) is 4. The zero-order valence-corrected chi connectivity index (χ0v) is 15.7. The van der Waals surface area contributed by atoms with E-state index in [9.17, 15) is 18.8 Å². The van der Waals surface area contributed by atoms with Crippen LogP contribution in [0.4, 0.5) is 9.18 Å². The summed E-state index contributed by atoms with van der Waals surface area (Å²) in [7, 11) is 1.84. The number of carbonyl (C=O) groups is 3. The molecule has 1 unspecified atom stereocenters. The van der Waals surface area contributed by atoms with Crippen molar-refractivity contribution in [2.45, 2.75) is 25.3 Å². The summed E-state index contributed by atoms with van der Waals surface area (Å²) in [4.78, 5) is 38.0. The SMILES string of the molecule is Cn1cc(CCCNC(=O)CN2C(=O)NC(C)(c3ccc(F)cc3)C2=O)cn1. The highest BCUT2D eigenvalue weighted by atomic mass is 19.1. The molecule has 0 saturated carbocycles. The number of aryl methyl sites for hydroxylation is 2. The van der Waals surface area contributed by atoms with Gasteiger partial charge < -0.3 is 10.6 Å². The van der Waals surface area contributed by atoms with Crippen LogP contribution in [0.2, 0.25) is 0 Å². The molecule has 1 aromatic carbocycles. The van der Waals surface area contributed by atoms with Gasteiger partial charge in [-0.2, -0.15) is 5.10 Å². The third-order valence-corrected chi connectivity index (χ3v) is 4.72. The normalized spacial score (nSPS) is 19.0. The van der Waals surface area contributed by atoms with Crippen molar-refractivity contribution >= 4 is 17.8 Å². The number of benzene rings is 1. The molecular weight excluding hydrogens is 365 g/mol. The molecule has 1 saturated heterocycles. The molecule has 1 aliphatic rings. The molecule has 1 atom stereocenters. The Balaban J connectivity index is 1.53. The molecule has 3 rings (SSSR count). The number of imide groups is 1. The van der Waals surface area contributed by atoms with Gasteiger partial charge in [0.25, 0.3) is 5.91 Å². The zero-order chi connectivity index (χ0) is 20.3. The molecule has 1 aliphatic heterocycles. The second kappa shape index (κ2) is 7.79. The Kier molecular flexibility index (Phi) is 5.43. The van der Waals surface area contributed by atoms with E-state index in [4.69, 9.17) is 0 Å². The minimum atomic E-state index is -1.33. The number of nitrogens with zero attached hydrogens (tertiary/aromatic N) is 3. The lowest BCUT2D eigenvalue weighted by molar-refractivity contribution is -0.134. The number of halogens is 1. The first-order chi connectivity index (χ1) is 13.3. The van der Waals surface area contributed by atoms with Crippen molar-refractivity contribution in [3.63, 3.8) is 0 Å². The van der Waals surface area contributed by atoms with Crippen LogP contribution in [0.1, 0.15) is 24.5 Å². The molecule has 0 bridgehead atoms. The fourth-order valence-electron chi connectivity index (χ4n) is 3.14. The number of carbonyl (C=O) groups excluding carboxylic acids is 3. The summed E-state index contributed by atoms with van der Waals surface area (Å²) in [5.41, 5.74) is 0.193. The molecule has 2 aromatic rings. The van der Waals surface area contributed by atoms with Crippen molar-refractivity contribution in [3.05, 3.63) is 53.6 Å². The van der Waals surface area contributed by atoms with Crippen molar-refractivity contribution in [1.29, 1.82) is 0 Å². The number of amides is 4. The molecule has 0 spiro atoms. The summed E-state index contributed by atoms with van der Waals surface area (Å²) in [5.74, 6) is -1.40. The Morgan fingerprint density at radius 3 is 2.64 bits per heavy atom. The molecule has 148 valence electrons. The van der Waals surface area contributed by atoms with Gasteiger partial charge in [-0.3, -0.25) is 19.2 Å². The first-order valence-electron chi connectivity index (χ1n) is 8.94. The van der Waals surface area contributed by atoms with Crippen LogP contribution in [-0.2, 0) is 28.6 Å². The monoisotopic (exact) mass is 387 g/mol. The molecule has 28 heavy (non-hydrogen) atoms. The van der Waals surface area contributed by atoms with Crippen molar-refractivity contribution in [3.8, 4) is 0 Å². The fraction of sp³-hybridized carbons (Fsp3) is 0.368. The second-order valence-electron chi connectivity index (χ2n) is 6.93. The van der Waals surface area contributed by atoms with Crippen LogP contribution in [0.15, 0.2) is 36.7 Å². The summed E-state index contributed by atoms with van der Waals surface area (Å²) in [5, 5.41) is 9.38. The minimum Gasteiger partial charge on any atom is -0.355 e. The fourth-order valence-corrected chi connectivity index (χ4v) is 3.14. The van der Waals surface area contributed by atoms with Gasteiger partial charge in [0.1, 0.15) is 17.9 Å². The van der Waals surface area contributed by atoms with Crippen LogP contribution in [0.3, 0.4) is 0 Å². The third kappa shape index (κ3) is 4.03. The van der Waals surface area contributed by atoms with E-state index in [1.807, 2.05) is 13.2 Å². The summed E-state index contributed by atoms with van der Waals surface area (Å²) < 4.78 is 14.8. The first kappa shape index (κ1) is 19.5. The van der Waals surface area contributed by atoms with Gasteiger partial charge in [-0.15, -0.1) is 0 Å². The van der Waals surface area contributed by atoms with E-state index in [1.165, 1.54) is 31.2 Å². The van der Waals surface area contributed by atoms with Crippen LogP contribution >= 0.6 is 0 Å². The average Bonchev–Trinajstić information content (AvgIpc) is 3.16. The molecule has 8 nitrogen and oxygen atoms in total. The van der Waals surface area contributed by atoms with Crippen LogP contribution in [0, 0.1) is 5.82 Å². The maximum absolute atomic E-state index is 13.1. The average molecular weight is 387 g/mol. The van der Waals surface area contributed by atoms with Crippen LogP contribution in [-0.4, -0.2) is 45.6 Å². The van der Waals surface area contributed by atoms with Gasteiger partial charge in [-0.05, 0) is 43.0 Å². The first-order valence-corrected chi connectivity index (χ1v) is 8.94. The van der Waals surface area contributed by atoms with E-state index < -0.39 is 29.2 Å². The van der Waals surface area contributed by atoms with E-state index in [0.29, 0.717) is 18.5 Å². The Bertz CT molecular complexity index is 895. The molecule has 1 aromatic heterocycles. The lowest BCUT2D eigenvalue weighted by atomic mass is 9.92. The molecule has 2 heterocycles. The highest BCUT2D eigenvalue weighted by Crippen LogP contribution is 2.28. The second-order valence-corrected chi connectivity index (χ2v) is 6.93. The van der Waals surface area contributed by atoms with Crippen molar-refractivity contribution < 1.29 is 18.8 Å². The summed E-state index contributed by atoms with van der Waals surface area (Å²) in [6.07, 6.45) is 5.15. The molecule has 0 radical (unpaired) electrons. The number of rotatable bonds is 7. The van der Waals surface area contributed by atoms with Crippen molar-refractivity contribution in [1.82, 2.24) is 25.3 Å². The van der Waals surface area contributed by atoms with Gasteiger partial charge >= 0.3 is 6.03 Å². The Labute approximate surface area is 161 Å². The van der Waals surface area contributed by atoms with Gasteiger partial charge in [0.2, 0.25) is 5.91 Å². The summed E-state index contributed by atoms with van der Waals surface area (Å²) in [6, 6.07) is 4.67. The smallest absolute Gasteiger partial charge is 0.325 e. The van der Waals surface area contributed by atoms with E-state index in [2.05, 4.69) is 15.7 Å². The van der Waals surface area contributed by atoms with Crippen LogP contribution < -0.4 is 10.6 Å². The van der Waals surface area contributed by atoms with Gasteiger partial charge in [0.05, 0.1) is 6.20 Å². The van der Waals surface area contributed by atoms with Crippen LogP contribution in [0.5, 0.6) is 0 Å². The quantitative estimate of drug-likeness (QED) is 0.549. The standard InChI is InChI=1S/C19H22FN5O3/c1-19(14-5-7-15(20)8-6-14)17(27)25(18(28)23-19)12-16(26)21-9-3-4-13-10-22-24(2)11-13/h5-8,10-11H,3-4,9,12H2,1-2H3,(H,21,26)(H,23,28). The van der Waals surface area contributed by atoms with Crippen LogP contribution in [0.25, 0.3) is 0 Å². The minimum absolute atomic E-state index is 0.367. The summed E-state index contributed by atoms with van der Waals surface area (Å²) >= 11 is 0. The van der Waals surface area contributed by atoms with E-state index >= 15 is 0 Å². The Morgan fingerprint density at radius 2 is 2.00 bits per heavy atom. The van der Waals surface area contributed by atoms with E-state index in [-0.39, 0.29) is 6.54 Å². The largest absolute Gasteiger partial charge is 0.355 e. The Hall–Kier alpha value is -3.23. The van der Waals surface area contributed by atoms with Gasteiger partial charge in [0.15, 0.2) is 0 Å².